The molecule has 7 nitrogen and oxygen atoms in total. The minimum atomic E-state index is -0.153. The zero-order valence-electron chi connectivity index (χ0n) is 17.0. The predicted molar refractivity (Wildman–Crippen MR) is 107 cm³/mol. The van der Waals surface area contributed by atoms with E-state index in [1.54, 1.807) is 18.6 Å². The van der Waals surface area contributed by atoms with E-state index in [0.717, 1.165) is 17.8 Å². The van der Waals surface area contributed by atoms with E-state index in [2.05, 4.69) is 26.8 Å². The van der Waals surface area contributed by atoms with Crippen molar-refractivity contribution in [3.8, 4) is 0 Å². The van der Waals surface area contributed by atoms with Crippen molar-refractivity contribution in [1.29, 1.82) is 0 Å². The molecule has 2 aliphatic heterocycles. The van der Waals surface area contributed by atoms with Crippen molar-refractivity contribution in [3.63, 3.8) is 0 Å². The Labute approximate surface area is 170 Å². The van der Waals surface area contributed by atoms with Crippen LogP contribution in [0.15, 0.2) is 30.9 Å². The number of fused-ring (bicyclic) bond motifs is 2. The van der Waals surface area contributed by atoms with Gasteiger partial charge in [-0.25, -0.2) is 4.98 Å². The number of amides is 2. The first-order chi connectivity index (χ1) is 14.0. The Balaban J connectivity index is 1.28. The standard InChI is InChI=1S/C22H27N5O2/c1-14-8-17(11-23-10-14)20(28)25-18-9-22(27-7-6-24-19(18)27)12-26(13-22)21(29)15(2)16-4-3-5-16/h6-8,10-11,15-16,18H,3-5,9,12-13H2,1-2H3,(H,25,28). The number of imidazole rings is 1. The lowest BCUT2D eigenvalue weighted by Gasteiger charge is -2.50. The van der Waals surface area contributed by atoms with Crippen molar-refractivity contribution in [2.24, 2.45) is 11.8 Å². The zero-order chi connectivity index (χ0) is 20.2. The molecule has 29 heavy (non-hydrogen) atoms. The first-order valence-electron chi connectivity index (χ1n) is 10.5. The maximum atomic E-state index is 12.9. The van der Waals surface area contributed by atoms with Gasteiger partial charge in [-0.15, -0.1) is 0 Å². The van der Waals surface area contributed by atoms with Crippen LogP contribution in [0, 0.1) is 18.8 Å². The van der Waals surface area contributed by atoms with Gasteiger partial charge < -0.3 is 14.8 Å². The zero-order valence-corrected chi connectivity index (χ0v) is 17.0. The molecule has 152 valence electrons. The summed E-state index contributed by atoms with van der Waals surface area (Å²) in [5.41, 5.74) is 1.36. The second-order valence-electron chi connectivity index (χ2n) is 9.03. The lowest BCUT2D eigenvalue weighted by Crippen LogP contribution is -2.64. The average Bonchev–Trinajstić information content (AvgIpc) is 3.21. The summed E-state index contributed by atoms with van der Waals surface area (Å²) in [4.78, 5) is 36.2. The highest BCUT2D eigenvalue weighted by molar-refractivity contribution is 5.94. The quantitative estimate of drug-likeness (QED) is 0.865. The Morgan fingerprint density at radius 2 is 2.07 bits per heavy atom. The molecule has 0 bridgehead atoms. The number of carbonyl (C=O) groups is 2. The Morgan fingerprint density at radius 3 is 2.76 bits per heavy atom. The summed E-state index contributed by atoms with van der Waals surface area (Å²) >= 11 is 0. The molecule has 2 fully saturated rings. The molecule has 2 atom stereocenters. The molecule has 1 N–H and O–H groups in total. The minimum Gasteiger partial charge on any atom is -0.342 e. The van der Waals surface area contributed by atoms with Crippen molar-refractivity contribution < 1.29 is 9.59 Å². The molecule has 0 radical (unpaired) electrons. The molecular formula is C22H27N5O2. The number of pyridine rings is 1. The maximum absolute atomic E-state index is 12.9. The van der Waals surface area contributed by atoms with E-state index in [1.165, 1.54) is 19.3 Å². The molecule has 2 aromatic heterocycles. The van der Waals surface area contributed by atoms with E-state index in [0.29, 0.717) is 24.6 Å². The van der Waals surface area contributed by atoms with E-state index >= 15 is 0 Å². The van der Waals surface area contributed by atoms with Crippen molar-refractivity contribution in [3.05, 3.63) is 47.8 Å². The van der Waals surface area contributed by atoms with Crippen molar-refractivity contribution in [1.82, 2.24) is 24.8 Å². The summed E-state index contributed by atoms with van der Waals surface area (Å²) in [7, 11) is 0. The molecule has 1 saturated carbocycles. The molecule has 1 saturated heterocycles. The van der Waals surface area contributed by atoms with Crippen LogP contribution >= 0.6 is 0 Å². The average molecular weight is 393 g/mol. The van der Waals surface area contributed by atoms with Crippen molar-refractivity contribution in [2.75, 3.05) is 13.1 Å². The molecule has 0 aromatic carbocycles. The topological polar surface area (TPSA) is 80.1 Å². The van der Waals surface area contributed by atoms with Gasteiger partial charge in [0.2, 0.25) is 5.91 Å². The summed E-state index contributed by atoms with van der Waals surface area (Å²) in [6.07, 6.45) is 11.5. The SMILES string of the molecule is Cc1cncc(C(=O)NC2CC3(CN(C(=O)C(C)C4CCC4)C3)n3ccnc32)c1. The lowest BCUT2D eigenvalue weighted by atomic mass is 9.75. The number of nitrogens with one attached hydrogen (secondary N) is 1. The minimum absolute atomic E-state index is 0.120. The van der Waals surface area contributed by atoms with Crippen molar-refractivity contribution in [2.45, 2.75) is 51.1 Å². The van der Waals surface area contributed by atoms with E-state index < -0.39 is 0 Å². The number of nitrogens with zero attached hydrogens (tertiary/aromatic N) is 4. The van der Waals surface area contributed by atoms with Crippen LogP contribution in [0.2, 0.25) is 0 Å². The smallest absolute Gasteiger partial charge is 0.253 e. The Kier molecular flexibility index (Phi) is 4.22. The van der Waals surface area contributed by atoms with Gasteiger partial charge in [0.1, 0.15) is 5.82 Å². The third kappa shape index (κ3) is 2.94. The molecule has 7 heteroatoms. The third-order valence-electron chi connectivity index (χ3n) is 7.05. The number of carbonyl (C=O) groups excluding carboxylic acids is 2. The van der Waals surface area contributed by atoms with Crippen LogP contribution in [0.4, 0.5) is 0 Å². The van der Waals surface area contributed by atoms with Gasteiger partial charge in [0.25, 0.3) is 5.91 Å². The van der Waals surface area contributed by atoms with E-state index in [1.807, 2.05) is 24.1 Å². The molecule has 1 spiro atoms. The number of hydrogen-bond acceptors (Lipinski definition) is 4. The van der Waals surface area contributed by atoms with Crippen molar-refractivity contribution >= 4 is 11.8 Å². The molecule has 5 rings (SSSR count). The van der Waals surface area contributed by atoms with Gasteiger partial charge in [0.15, 0.2) is 0 Å². The molecule has 2 unspecified atom stereocenters. The fourth-order valence-electron chi connectivity index (χ4n) is 5.11. The van der Waals surface area contributed by atoms with Gasteiger partial charge >= 0.3 is 0 Å². The van der Waals surface area contributed by atoms with Crippen LogP contribution in [0.1, 0.15) is 60.4 Å². The summed E-state index contributed by atoms with van der Waals surface area (Å²) in [6, 6.07) is 1.69. The molecule has 2 amide bonds. The van der Waals surface area contributed by atoms with Crippen LogP contribution < -0.4 is 5.32 Å². The number of rotatable bonds is 4. The lowest BCUT2D eigenvalue weighted by molar-refractivity contribution is -0.148. The van der Waals surface area contributed by atoms with E-state index in [-0.39, 0.29) is 29.3 Å². The molecule has 4 heterocycles. The molecule has 2 aromatic rings. The van der Waals surface area contributed by atoms with Gasteiger partial charge in [-0.2, -0.15) is 0 Å². The molecular weight excluding hydrogens is 366 g/mol. The second kappa shape index (κ2) is 6.68. The van der Waals surface area contributed by atoms with Crippen LogP contribution in [-0.4, -0.2) is 44.3 Å². The summed E-state index contributed by atoms with van der Waals surface area (Å²) in [6.45, 7) is 5.40. The van der Waals surface area contributed by atoms with Crippen LogP contribution in [0.5, 0.6) is 0 Å². The third-order valence-corrected chi connectivity index (χ3v) is 7.05. The maximum Gasteiger partial charge on any atom is 0.253 e. The Bertz CT molecular complexity index is 958. The summed E-state index contributed by atoms with van der Waals surface area (Å²) in [5, 5.41) is 3.13. The second-order valence-corrected chi connectivity index (χ2v) is 9.03. The highest BCUT2D eigenvalue weighted by Gasteiger charge is 2.54. The van der Waals surface area contributed by atoms with Crippen LogP contribution in [0.25, 0.3) is 0 Å². The number of aromatic nitrogens is 3. The number of likely N-dealkylation sites (tertiary alicyclic amines) is 1. The van der Waals surface area contributed by atoms with E-state index in [4.69, 9.17) is 0 Å². The Hall–Kier alpha value is -2.70. The largest absolute Gasteiger partial charge is 0.342 e. The Morgan fingerprint density at radius 1 is 1.28 bits per heavy atom. The van der Waals surface area contributed by atoms with Gasteiger partial charge in [-0.3, -0.25) is 14.6 Å². The fourth-order valence-corrected chi connectivity index (χ4v) is 5.11. The first kappa shape index (κ1) is 18.3. The van der Waals surface area contributed by atoms with Gasteiger partial charge in [0, 0.05) is 50.2 Å². The summed E-state index contributed by atoms with van der Waals surface area (Å²) in [5.74, 6) is 1.69. The van der Waals surface area contributed by atoms with E-state index in [9.17, 15) is 9.59 Å². The number of hydrogen-bond donors (Lipinski definition) is 1. The molecule has 1 aliphatic carbocycles. The highest BCUT2D eigenvalue weighted by atomic mass is 16.2. The van der Waals surface area contributed by atoms with Gasteiger partial charge in [0.05, 0.1) is 17.1 Å². The van der Waals surface area contributed by atoms with Crippen LogP contribution in [-0.2, 0) is 10.3 Å². The monoisotopic (exact) mass is 393 g/mol. The normalized spacial score (nSPS) is 23.2. The first-order valence-corrected chi connectivity index (χ1v) is 10.5. The van der Waals surface area contributed by atoms with Gasteiger partial charge in [-0.05, 0) is 37.3 Å². The highest BCUT2D eigenvalue weighted by Crippen LogP contribution is 2.45. The number of aryl methyl sites for hydroxylation is 1. The summed E-state index contributed by atoms with van der Waals surface area (Å²) < 4.78 is 2.17. The predicted octanol–water partition coefficient (Wildman–Crippen LogP) is 2.44. The molecule has 3 aliphatic rings. The van der Waals surface area contributed by atoms with Gasteiger partial charge in [-0.1, -0.05) is 13.3 Å². The van der Waals surface area contributed by atoms with Crippen LogP contribution in [0.3, 0.4) is 0 Å². The fraction of sp³-hybridized carbons (Fsp3) is 0.545.